The van der Waals surface area contributed by atoms with Crippen molar-refractivity contribution in [2.45, 2.75) is 25.8 Å². The molecule has 0 N–H and O–H groups in total. The molecule has 104 valence electrons. The van der Waals surface area contributed by atoms with E-state index in [1.807, 2.05) is 47.8 Å². The monoisotopic (exact) mass is 270 g/mol. The molecule has 0 spiro atoms. The van der Waals surface area contributed by atoms with Gasteiger partial charge in [0.05, 0.1) is 11.8 Å². The number of rotatable bonds is 3. The number of hydrogen-bond acceptors (Lipinski definition) is 3. The Kier molecular flexibility index (Phi) is 3.26. The molecule has 1 amide bonds. The zero-order chi connectivity index (χ0) is 14.1. The summed E-state index contributed by atoms with van der Waals surface area (Å²) in [6.07, 6.45) is 5.27. The third-order valence-corrected chi connectivity index (χ3v) is 3.65. The van der Waals surface area contributed by atoms with Crippen LogP contribution in [0.15, 0.2) is 36.8 Å². The van der Waals surface area contributed by atoms with E-state index in [1.54, 1.807) is 12.4 Å². The summed E-state index contributed by atoms with van der Waals surface area (Å²) in [6.45, 7) is 5.56. The van der Waals surface area contributed by atoms with Crippen molar-refractivity contribution in [2.24, 2.45) is 0 Å². The molecule has 5 heteroatoms. The van der Waals surface area contributed by atoms with Crippen LogP contribution in [0.4, 0.5) is 0 Å². The van der Waals surface area contributed by atoms with Crippen molar-refractivity contribution in [3.05, 3.63) is 48.0 Å². The number of likely N-dealkylation sites (tertiary alicyclic amines) is 1. The van der Waals surface area contributed by atoms with Gasteiger partial charge in [0.2, 0.25) is 0 Å². The van der Waals surface area contributed by atoms with Crippen LogP contribution in [-0.2, 0) is 0 Å². The average molecular weight is 270 g/mol. The fourth-order valence-electron chi connectivity index (χ4n) is 2.36. The van der Waals surface area contributed by atoms with Crippen LogP contribution in [-0.4, -0.2) is 38.7 Å². The molecule has 1 saturated heterocycles. The maximum absolute atomic E-state index is 12.3. The Bertz CT molecular complexity index is 599. The summed E-state index contributed by atoms with van der Waals surface area (Å²) < 4.78 is 1.81. The third-order valence-electron chi connectivity index (χ3n) is 3.65. The molecule has 0 saturated carbocycles. The highest BCUT2D eigenvalue weighted by Gasteiger charge is 2.33. The van der Waals surface area contributed by atoms with Crippen molar-refractivity contribution < 1.29 is 4.79 Å². The van der Waals surface area contributed by atoms with Gasteiger partial charge >= 0.3 is 0 Å². The van der Waals surface area contributed by atoms with E-state index in [9.17, 15) is 4.79 Å². The molecule has 0 bridgehead atoms. The Morgan fingerprint density at radius 1 is 1.35 bits per heavy atom. The van der Waals surface area contributed by atoms with E-state index in [-0.39, 0.29) is 11.9 Å². The number of amides is 1. The van der Waals surface area contributed by atoms with E-state index in [4.69, 9.17) is 0 Å². The number of nitrogens with zero attached hydrogens (tertiary/aromatic N) is 4. The summed E-state index contributed by atoms with van der Waals surface area (Å²) in [6, 6.07) is 6.18. The summed E-state index contributed by atoms with van der Waals surface area (Å²) in [7, 11) is 0. The van der Waals surface area contributed by atoms with Gasteiger partial charge in [0.15, 0.2) is 0 Å². The zero-order valence-corrected chi connectivity index (χ0v) is 11.7. The molecule has 0 radical (unpaired) electrons. The van der Waals surface area contributed by atoms with Crippen LogP contribution >= 0.6 is 0 Å². The molecule has 3 rings (SSSR count). The van der Waals surface area contributed by atoms with Gasteiger partial charge in [-0.2, -0.15) is 5.10 Å². The van der Waals surface area contributed by atoms with E-state index in [0.29, 0.717) is 11.5 Å². The second-order valence-corrected chi connectivity index (χ2v) is 5.46. The summed E-state index contributed by atoms with van der Waals surface area (Å²) in [5, 5.41) is 4.21. The fourth-order valence-corrected chi connectivity index (χ4v) is 2.36. The van der Waals surface area contributed by atoms with Crippen LogP contribution in [0, 0.1) is 0 Å². The molecule has 5 nitrogen and oxygen atoms in total. The molecule has 20 heavy (non-hydrogen) atoms. The predicted octanol–water partition coefficient (Wildman–Crippen LogP) is 2.10. The van der Waals surface area contributed by atoms with Crippen LogP contribution in [0.2, 0.25) is 0 Å². The van der Waals surface area contributed by atoms with Crippen molar-refractivity contribution in [1.82, 2.24) is 19.7 Å². The Morgan fingerprint density at radius 2 is 2.15 bits per heavy atom. The van der Waals surface area contributed by atoms with Gasteiger partial charge in [-0.15, -0.1) is 0 Å². The van der Waals surface area contributed by atoms with Crippen molar-refractivity contribution in [1.29, 1.82) is 0 Å². The van der Waals surface area contributed by atoms with Crippen molar-refractivity contribution in [3.63, 3.8) is 0 Å². The minimum absolute atomic E-state index is 0.0593. The minimum Gasteiger partial charge on any atom is -0.337 e. The summed E-state index contributed by atoms with van der Waals surface area (Å²) in [4.78, 5) is 18.5. The normalized spacial score (nSPS) is 15.4. The molecule has 1 aliphatic heterocycles. The molecule has 0 unspecified atom stereocenters. The summed E-state index contributed by atoms with van der Waals surface area (Å²) >= 11 is 0. The van der Waals surface area contributed by atoms with Gasteiger partial charge in [0, 0.05) is 43.1 Å². The van der Waals surface area contributed by atoms with E-state index >= 15 is 0 Å². The lowest BCUT2D eigenvalue weighted by atomic mass is 9.95. The van der Waals surface area contributed by atoms with E-state index in [1.165, 1.54) is 0 Å². The molecule has 0 atom stereocenters. The maximum Gasteiger partial charge on any atom is 0.257 e. The van der Waals surface area contributed by atoms with Gasteiger partial charge in [0.1, 0.15) is 0 Å². The third kappa shape index (κ3) is 2.31. The fraction of sp³-hybridized carbons (Fsp3) is 0.400. The minimum atomic E-state index is 0.0593. The van der Waals surface area contributed by atoms with Gasteiger partial charge in [-0.1, -0.05) is 6.07 Å². The Labute approximate surface area is 118 Å². The van der Waals surface area contributed by atoms with Crippen LogP contribution in [0.25, 0.3) is 0 Å². The largest absolute Gasteiger partial charge is 0.337 e. The lowest BCUT2D eigenvalue weighted by Gasteiger charge is -2.38. The van der Waals surface area contributed by atoms with Gasteiger partial charge < -0.3 is 4.90 Å². The van der Waals surface area contributed by atoms with Crippen LogP contribution in [0.5, 0.6) is 0 Å². The number of hydrogen-bond donors (Lipinski definition) is 0. The van der Waals surface area contributed by atoms with Crippen molar-refractivity contribution in [3.8, 4) is 0 Å². The molecule has 0 aliphatic carbocycles. The first-order valence-corrected chi connectivity index (χ1v) is 6.89. The highest BCUT2D eigenvalue weighted by Crippen LogP contribution is 2.26. The van der Waals surface area contributed by atoms with Gasteiger partial charge in [0.25, 0.3) is 5.91 Å². The van der Waals surface area contributed by atoms with E-state index in [0.717, 1.165) is 18.8 Å². The summed E-state index contributed by atoms with van der Waals surface area (Å²) in [5.74, 6) is 0.421. The second-order valence-electron chi connectivity index (χ2n) is 5.46. The predicted molar refractivity (Wildman–Crippen MR) is 75.5 cm³/mol. The summed E-state index contributed by atoms with van der Waals surface area (Å²) in [5.41, 5.74) is 1.73. The smallest absolute Gasteiger partial charge is 0.257 e. The quantitative estimate of drug-likeness (QED) is 0.858. The Morgan fingerprint density at radius 3 is 2.75 bits per heavy atom. The Balaban J connectivity index is 1.63. The maximum atomic E-state index is 12.3. The van der Waals surface area contributed by atoms with Crippen LogP contribution in [0.1, 0.15) is 41.9 Å². The van der Waals surface area contributed by atoms with E-state index < -0.39 is 0 Å². The molecule has 0 aromatic carbocycles. The van der Waals surface area contributed by atoms with E-state index in [2.05, 4.69) is 10.1 Å². The average Bonchev–Trinajstić information content (AvgIpc) is 2.88. The van der Waals surface area contributed by atoms with Gasteiger partial charge in [-0.25, -0.2) is 0 Å². The Hall–Kier alpha value is -2.17. The first-order valence-electron chi connectivity index (χ1n) is 6.89. The number of pyridine rings is 1. The standard InChI is InChI=1S/C15H18N4O/c1-11(2)19-10-12(7-17-19)15(20)18-8-13(9-18)14-5-3-4-6-16-14/h3-7,10-11,13H,8-9H2,1-2H3. The molecule has 2 aromatic rings. The lowest BCUT2D eigenvalue weighted by molar-refractivity contribution is 0.0598. The molecular weight excluding hydrogens is 252 g/mol. The highest BCUT2D eigenvalue weighted by molar-refractivity contribution is 5.94. The molecule has 2 aromatic heterocycles. The molecule has 1 aliphatic rings. The molecular formula is C15H18N4O. The molecule has 3 heterocycles. The van der Waals surface area contributed by atoms with Crippen LogP contribution < -0.4 is 0 Å². The topological polar surface area (TPSA) is 51.0 Å². The highest BCUT2D eigenvalue weighted by atomic mass is 16.2. The SMILES string of the molecule is CC(C)n1cc(C(=O)N2CC(c3ccccn3)C2)cn1. The zero-order valence-electron chi connectivity index (χ0n) is 11.7. The number of aromatic nitrogens is 3. The van der Waals surface area contributed by atoms with Crippen LogP contribution in [0.3, 0.4) is 0 Å². The lowest BCUT2D eigenvalue weighted by Crippen LogP contribution is -2.48. The first-order chi connectivity index (χ1) is 9.65. The number of carbonyl (C=O) groups excluding carboxylic acids is 1. The first kappa shape index (κ1) is 12.8. The van der Waals surface area contributed by atoms with Crippen molar-refractivity contribution in [2.75, 3.05) is 13.1 Å². The molecule has 1 fully saturated rings. The van der Waals surface area contributed by atoms with Gasteiger partial charge in [-0.3, -0.25) is 14.5 Å². The van der Waals surface area contributed by atoms with Gasteiger partial charge in [-0.05, 0) is 26.0 Å². The number of carbonyl (C=O) groups is 1. The van der Waals surface area contributed by atoms with Crippen molar-refractivity contribution >= 4 is 5.91 Å². The second kappa shape index (κ2) is 5.07.